The van der Waals surface area contributed by atoms with Crippen molar-refractivity contribution in [2.24, 2.45) is 23.2 Å². The van der Waals surface area contributed by atoms with Crippen LogP contribution in [0.15, 0.2) is 0 Å². The van der Waals surface area contributed by atoms with Gasteiger partial charge in [0.15, 0.2) is 0 Å². The predicted molar refractivity (Wildman–Crippen MR) is 71.5 cm³/mol. The first-order valence-corrected chi connectivity index (χ1v) is 7.73. The Morgan fingerprint density at radius 1 is 1.26 bits per heavy atom. The van der Waals surface area contributed by atoms with E-state index in [-0.39, 0.29) is 17.4 Å². The fourth-order valence-electron chi connectivity index (χ4n) is 4.84. The summed E-state index contributed by atoms with van der Waals surface area (Å²) in [6, 6.07) is 0. The Morgan fingerprint density at radius 3 is 2.63 bits per heavy atom. The van der Waals surface area contributed by atoms with Crippen molar-refractivity contribution >= 4 is 12.3 Å². The van der Waals surface area contributed by atoms with Crippen LogP contribution in [-0.2, 0) is 14.3 Å². The van der Waals surface area contributed by atoms with E-state index in [9.17, 15) is 9.59 Å². The average Bonchev–Trinajstić information content (AvgIpc) is 3.04. The van der Waals surface area contributed by atoms with Crippen LogP contribution in [0.2, 0.25) is 0 Å². The normalized spacial score (nSPS) is 39.4. The standard InChI is InChI=1S/C16H24O3/c1-16(4-2-3-5-16)9-14(18)12-6-11-7-13(12)15(8-11)19-10-17/h10-13,15H,2-9H2,1H3. The number of Topliss-reactive ketones (excluding diaryl/α,β-unsaturated/α-hetero) is 1. The van der Waals surface area contributed by atoms with Crippen molar-refractivity contribution in [3.63, 3.8) is 0 Å². The molecular weight excluding hydrogens is 240 g/mol. The number of hydrogen-bond acceptors (Lipinski definition) is 3. The molecule has 3 aliphatic rings. The number of fused-ring (bicyclic) bond motifs is 2. The van der Waals surface area contributed by atoms with Crippen molar-refractivity contribution in [1.29, 1.82) is 0 Å². The maximum atomic E-state index is 12.6. The topological polar surface area (TPSA) is 43.4 Å². The van der Waals surface area contributed by atoms with Crippen molar-refractivity contribution in [3.05, 3.63) is 0 Å². The van der Waals surface area contributed by atoms with Crippen molar-refractivity contribution in [2.75, 3.05) is 0 Å². The number of ketones is 1. The van der Waals surface area contributed by atoms with E-state index in [1.54, 1.807) is 0 Å². The Bertz CT molecular complexity index is 370. The van der Waals surface area contributed by atoms with Gasteiger partial charge < -0.3 is 4.74 Å². The molecule has 0 amide bonds. The number of rotatable bonds is 5. The van der Waals surface area contributed by atoms with Crippen LogP contribution in [0.5, 0.6) is 0 Å². The summed E-state index contributed by atoms with van der Waals surface area (Å²) in [6.45, 7) is 2.83. The van der Waals surface area contributed by atoms with Gasteiger partial charge in [0.1, 0.15) is 11.9 Å². The Labute approximate surface area is 115 Å². The van der Waals surface area contributed by atoms with Gasteiger partial charge in [-0.1, -0.05) is 19.8 Å². The highest BCUT2D eigenvalue weighted by atomic mass is 16.5. The monoisotopic (exact) mass is 264 g/mol. The summed E-state index contributed by atoms with van der Waals surface area (Å²) >= 11 is 0. The van der Waals surface area contributed by atoms with E-state index in [1.165, 1.54) is 25.7 Å². The van der Waals surface area contributed by atoms with Gasteiger partial charge in [-0.25, -0.2) is 0 Å². The van der Waals surface area contributed by atoms with E-state index in [1.807, 2.05) is 0 Å². The van der Waals surface area contributed by atoms with Crippen molar-refractivity contribution in [1.82, 2.24) is 0 Å². The van der Waals surface area contributed by atoms with Crippen LogP contribution in [-0.4, -0.2) is 18.4 Å². The van der Waals surface area contributed by atoms with Gasteiger partial charge in [-0.3, -0.25) is 9.59 Å². The maximum absolute atomic E-state index is 12.6. The molecule has 4 atom stereocenters. The smallest absolute Gasteiger partial charge is 0.293 e. The second-order valence-corrected chi connectivity index (χ2v) is 7.28. The quantitative estimate of drug-likeness (QED) is 0.717. The molecule has 106 valence electrons. The first-order chi connectivity index (χ1) is 9.11. The van der Waals surface area contributed by atoms with Gasteiger partial charge in [-0.2, -0.15) is 0 Å². The molecular formula is C16H24O3. The average molecular weight is 264 g/mol. The highest BCUT2D eigenvalue weighted by Crippen LogP contribution is 2.51. The summed E-state index contributed by atoms with van der Waals surface area (Å²) in [7, 11) is 0. The van der Waals surface area contributed by atoms with Crippen LogP contribution in [0.3, 0.4) is 0 Å². The second kappa shape index (κ2) is 4.92. The van der Waals surface area contributed by atoms with Gasteiger partial charge >= 0.3 is 0 Å². The molecule has 3 saturated carbocycles. The van der Waals surface area contributed by atoms with Crippen LogP contribution in [0, 0.1) is 23.2 Å². The second-order valence-electron chi connectivity index (χ2n) is 7.28. The van der Waals surface area contributed by atoms with E-state index in [4.69, 9.17) is 4.74 Å². The van der Waals surface area contributed by atoms with Crippen LogP contribution >= 0.6 is 0 Å². The van der Waals surface area contributed by atoms with E-state index >= 15 is 0 Å². The number of carbonyl (C=O) groups excluding carboxylic acids is 2. The molecule has 4 unspecified atom stereocenters. The molecule has 2 bridgehead atoms. The summed E-state index contributed by atoms with van der Waals surface area (Å²) in [4.78, 5) is 23.1. The molecule has 0 aromatic rings. The largest absolute Gasteiger partial charge is 0.464 e. The predicted octanol–water partition coefficient (Wildman–Crippen LogP) is 3.11. The third-order valence-electron chi connectivity index (χ3n) is 5.81. The fraction of sp³-hybridized carbons (Fsp3) is 0.875. The zero-order valence-electron chi connectivity index (χ0n) is 11.8. The lowest BCUT2D eigenvalue weighted by molar-refractivity contribution is -0.140. The van der Waals surface area contributed by atoms with Gasteiger partial charge in [-0.05, 0) is 43.4 Å². The van der Waals surface area contributed by atoms with Crippen molar-refractivity contribution < 1.29 is 14.3 Å². The molecule has 3 nitrogen and oxygen atoms in total. The zero-order valence-corrected chi connectivity index (χ0v) is 11.8. The highest BCUT2D eigenvalue weighted by Gasteiger charge is 2.50. The van der Waals surface area contributed by atoms with Gasteiger partial charge in [0.25, 0.3) is 6.47 Å². The maximum Gasteiger partial charge on any atom is 0.293 e. The summed E-state index contributed by atoms with van der Waals surface area (Å²) in [5.41, 5.74) is 0.250. The van der Waals surface area contributed by atoms with Crippen LogP contribution < -0.4 is 0 Å². The van der Waals surface area contributed by atoms with E-state index in [2.05, 4.69) is 6.92 Å². The van der Waals surface area contributed by atoms with Gasteiger partial charge in [-0.15, -0.1) is 0 Å². The molecule has 3 fully saturated rings. The van der Waals surface area contributed by atoms with Crippen LogP contribution in [0.1, 0.15) is 58.3 Å². The van der Waals surface area contributed by atoms with E-state index in [0.29, 0.717) is 24.1 Å². The molecule has 0 spiro atoms. The number of ether oxygens (including phenoxy) is 1. The zero-order chi connectivity index (χ0) is 13.5. The molecule has 0 aromatic heterocycles. The third-order valence-corrected chi connectivity index (χ3v) is 5.81. The van der Waals surface area contributed by atoms with Crippen molar-refractivity contribution in [2.45, 2.75) is 64.4 Å². The molecule has 0 aromatic carbocycles. The molecule has 0 aliphatic heterocycles. The van der Waals surface area contributed by atoms with Crippen LogP contribution in [0.4, 0.5) is 0 Å². The fourth-order valence-corrected chi connectivity index (χ4v) is 4.84. The lowest BCUT2D eigenvalue weighted by Crippen LogP contribution is -2.33. The Morgan fingerprint density at radius 2 is 2.00 bits per heavy atom. The summed E-state index contributed by atoms with van der Waals surface area (Å²) in [5.74, 6) is 1.53. The molecule has 3 aliphatic carbocycles. The summed E-state index contributed by atoms with van der Waals surface area (Å²) < 4.78 is 5.18. The molecule has 0 saturated heterocycles. The lowest BCUT2D eigenvalue weighted by Gasteiger charge is -2.30. The minimum absolute atomic E-state index is 0.0154. The van der Waals surface area contributed by atoms with Crippen molar-refractivity contribution in [3.8, 4) is 0 Å². The molecule has 0 N–H and O–H groups in total. The highest BCUT2D eigenvalue weighted by molar-refractivity contribution is 5.82. The van der Waals surface area contributed by atoms with Crippen LogP contribution in [0.25, 0.3) is 0 Å². The van der Waals surface area contributed by atoms with Gasteiger partial charge in [0, 0.05) is 18.3 Å². The molecule has 0 heterocycles. The van der Waals surface area contributed by atoms with E-state index in [0.717, 1.165) is 25.7 Å². The minimum Gasteiger partial charge on any atom is -0.464 e. The lowest BCUT2D eigenvalue weighted by atomic mass is 9.76. The Kier molecular flexibility index (Phi) is 3.40. The first kappa shape index (κ1) is 13.1. The van der Waals surface area contributed by atoms with Gasteiger partial charge in [0.05, 0.1) is 0 Å². The summed E-state index contributed by atoms with van der Waals surface area (Å²) in [6.07, 6.45) is 8.82. The Balaban J connectivity index is 1.63. The molecule has 3 heteroatoms. The summed E-state index contributed by atoms with van der Waals surface area (Å²) in [5, 5.41) is 0. The number of carbonyl (C=O) groups is 2. The molecule has 3 rings (SSSR count). The first-order valence-electron chi connectivity index (χ1n) is 7.73. The Hall–Kier alpha value is -0.860. The molecule has 19 heavy (non-hydrogen) atoms. The van der Waals surface area contributed by atoms with Gasteiger partial charge in [0.2, 0.25) is 0 Å². The third kappa shape index (κ3) is 2.44. The SMILES string of the molecule is CC1(CC(=O)C2CC3CC(OC=O)C2C3)CCCC1. The van der Waals surface area contributed by atoms with E-state index < -0.39 is 0 Å². The minimum atomic E-state index is 0.0154. The number of hydrogen-bond donors (Lipinski definition) is 0. The molecule has 0 radical (unpaired) electrons.